The number of allylic oxidation sites excluding steroid dienone is 3. The molecule has 176 valence electrons. The van der Waals surface area contributed by atoms with Gasteiger partial charge in [-0.2, -0.15) is 0 Å². The number of rotatable bonds is 6. The number of halogens is 1. The quantitative estimate of drug-likeness (QED) is 0.515. The minimum atomic E-state index is -0.513. The van der Waals surface area contributed by atoms with Crippen LogP contribution in [-0.4, -0.2) is 85.3 Å². The average molecular weight is 503 g/mol. The van der Waals surface area contributed by atoms with E-state index in [2.05, 4.69) is 33.1 Å². The Kier molecular flexibility index (Phi) is 8.66. The average Bonchev–Trinajstić information content (AvgIpc) is 2.69. The summed E-state index contributed by atoms with van der Waals surface area (Å²) in [7, 11) is 0. The molecule has 0 N–H and O–H groups in total. The lowest BCUT2D eigenvalue weighted by Gasteiger charge is -2.34. The molecule has 0 saturated carbocycles. The molecule has 31 heavy (non-hydrogen) atoms. The van der Waals surface area contributed by atoms with E-state index in [0.29, 0.717) is 45.4 Å². The van der Waals surface area contributed by atoms with Crippen LogP contribution in [0.5, 0.6) is 0 Å². The monoisotopic (exact) mass is 502 g/mol. The van der Waals surface area contributed by atoms with Gasteiger partial charge in [-0.1, -0.05) is 6.92 Å². The normalized spacial score (nSPS) is 27.9. The van der Waals surface area contributed by atoms with Gasteiger partial charge in [0, 0.05) is 48.3 Å². The van der Waals surface area contributed by atoms with Crippen molar-refractivity contribution < 1.29 is 28.5 Å². The molecule has 0 aromatic heterocycles. The SMILES string of the molecule is CC1C=C(OC[C@@H]2CN(C(=O)OC(C)(C)C)CCO2)C=C(OC[C@@H]2CN(Br)CCO2)C1. The largest absolute Gasteiger partial charge is 0.495 e. The summed E-state index contributed by atoms with van der Waals surface area (Å²) in [6.07, 6.45) is 4.42. The summed E-state index contributed by atoms with van der Waals surface area (Å²) in [5.74, 6) is 2.00. The van der Waals surface area contributed by atoms with Crippen molar-refractivity contribution in [1.29, 1.82) is 0 Å². The maximum Gasteiger partial charge on any atom is 0.410 e. The van der Waals surface area contributed by atoms with Gasteiger partial charge in [0.2, 0.25) is 0 Å². The molecular formula is C22H35BrN2O6. The van der Waals surface area contributed by atoms with Crippen molar-refractivity contribution in [2.75, 3.05) is 52.6 Å². The van der Waals surface area contributed by atoms with Crippen molar-refractivity contribution in [1.82, 2.24) is 8.83 Å². The van der Waals surface area contributed by atoms with Crippen molar-refractivity contribution in [3.05, 3.63) is 23.7 Å². The third-order valence-corrected chi connectivity index (χ3v) is 5.69. The van der Waals surface area contributed by atoms with Gasteiger partial charge in [0.05, 0.1) is 19.8 Å². The third-order valence-electron chi connectivity index (χ3n) is 5.05. The lowest BCUT2D eigenvalue weighted by molar-refractivity contribution is -0.0635. The first kappa shape index (κ1) is 24.4. The Morgan fingerprint density at radius 2 is 1.81 bits per heavy atom. The second-order valence-electron chi connectivity index (χ2n) is 9.26. The lowest BCUT2D eigenvalue weighted by Crippen LogP contribution is -2.48. The predicted molar refractivity (Wildman–Crippen MR) is 120 cm³/mol. The van der Waals surface area contributed by atoms with Gasteiger partial charge in [-0.3, -0.25) is 0 Å². The highest BCUT2D eigenvalue weighted by atomic mass is 79.9. The molecule has 1 amide bonds. The van der Waals surface area contributed by atoms with Gasteiger partial charge in [0.1, 0.15) is 42.5 Å². The smallest absolute Gasteiger partial charge is 0.410 e. The Morgan fingerprint density at radius 1 is 1.13 bits per heavy atom. The first-order chi connectivity index (χ1) is 14.7. The lowest BCUT2D eigenvalue weighted by atomic mass is 10.0. The van der Waals surface area contributed by atoms with Crippen molar-refractivity contribution in [3.8, 4) is 0 Å². The van der Waals surface area contributed by atoms with E-state index >= 15 is 0 Å². The molecule has 2 saturated heterocycles. The highest BCUT2D eigenvalue weighted by Gasteiger charge is 2.29. The molecule has 3 aliphatic rings. The molecule has 0 aromatic rings. The van der Waals surface area contributed by atoms with E-state index in [1.165, 1.54) is 0 Å². The Balaban J connectivity index is 1.46. The minimum absolute atomic E-state index is 0.0501. The fourth-order valence-corrected chi connectivity index (χ4v) is 4.07. The standard InChI is InChI=1S/C22H35BrN2O6/c1-16-9-17(11-18(10-16)30-15-20-13-25(23)6-8-28-20)29-14-19-12-24(5-7-27-19)21(26)31-22(2,3)4/h9,11,16,19-20H,5-8,10,12-15H2,1-4H3/t16?,19-,20-/m0/s1. The van der Waals surface area contributed by atoms with Crippen LogP contribution in [0.2, 0.25) is 0 Å². The van der Waals surface area contributed by atoms with Crippen molar-refractivity contribution in [2.24, 2.45) is 5.92 Å². The molecule has 3 rings (SSSR count). The maximum absolute atomic E-state index is 12.3. The van der Waals surface area contributed by atoms with E-state index in [1.54, 1.807) is 4.90 Å². The van der Waals surface area contributed by atoms with Crippen LogP contribution in [0.25, 0.3) is 0 Å². The van der Waals surface area contributed by atoms with Gasteiger partial charge in [-0.25, -0.2) is 8.72 Å². The summed E-state index contributed by atoms with van der Waals surface area (Å²) < 4.78 is 31.1. The first-order valence-electron chi connectivity index (χ1n) is 11.0. The van der Waals surface area contributed by atoms with Gasteiger partial charge in [-0.15, -0.1) is 0 Å². The van der Waals surface area contributed by atoms with Crippen LogP contribution < -0.4 is 0 Å². The van der Waals surface area contributed by atoms with Crippen molar-refractivity contribution in [3.63, 3.8) is 0 Å². The van der Waals surface area contributed by atoms with Crippen molar-refractivity contribution >= 4 is 22.2 Å². The van der Waals surface area contributed by atoms with Crippen LogP contribution in [0.15, 0.2) is 23.7 Å². The van der Waals surface area contributed by atoms with Crippen molar-refractivity contribution in [2.45, 2.75) is 51.9 Å². The summed E-state index contributed by atoms with van der Waals surface area (Å²) in [5.41, 5.74) is -0.513. The Bertz CT molecular complexity index is 677. The summed E-state index contributed by atoms with van der Waals surface area (Å²) in [4.78, 5) is 14.0. The van der Waals surface area contributed by atoms with Crippen LogP contribution in [0.3, 0.4) is 0 Å². The third kappa shape index (κ3) is 8.29. The zero-order valence-corrected chi connectivity index (χ0v) is 20.6. The molecule has 2 fully saturated rings. The van der Waals surface area contributed by atoms with E-state index < -0.39 is 5.60 Å². The second-order valence-corrected chi connectivity index (χ2v) is 10.3. The Labute approximate surface area is 193 Å². The minimum Gasteiger partial charge on any atom is -0.495 e. The zero-order chi connectivity index (χ0) is 22.4. The van der Waals surface area contributed by atoms with Crippen LogP contribution in [0.4, 0.5) is 4.79 Å². The van der Waals surface area contributed by atoms with E-state index in [4.69, 9.17) is 23.7 Å². The van der Waals surface area contributed by atoms with Crippen LogP contribution in [0.1, 0.15) is 34.1 Å². The van der Waals surface area contributed by atoms with Gasteiger partial charge in [0.15, 0.2) is 0 Å². The molecule has 8 nitrogen and oxygen atoms in total. The number of carbonyl (C=O) groups excluding carboxylic acids is 1. The molecule has 0 radical (unpaired) electrons. The summed E-state index contributed by atoms with van der Waals surface area (Å²) >= 11 is 3.51. The predicted octanol–water partition coefficient (Wildman–Crippen LogP) is 3.47. The fourth-order valence-electron chi connectivity index (χ4n) is 3.60. The first-order valence-corrected chi connectivity index (χ1v) is 11.7. The van der Waals surface area contributed by atoms with Crippen LogP contribution in [-0.2, 0) is 23.7 Å². The molecule has 0 spiro atoms. The number of morpholine rings is 2. The molecule has 3 atom stereocenters. The van der Waals surface area contributed by atoms with Crippen LogP contribution in [0, 0.1) is 5.92 Å². The number of carbonyl (C=O) groups is 1. The summed E-state index contributed by atoms with van der Waals surface area (Å²) in [5, 5.41) is 0. The number of hydrogen-bond acceptors (Lipinski definition) is 7. The molecular weight excluding hydrogens is 468 g/mol. The van der Waals surface area contributed by atoms with E-state index in [1.807, 2.05) is 26.8 Å². The van der Waals surface area contributed by atoms with E-state index in [0.717, 1.165) is 31.0 Å². The van der Waals surface area contributed by atoms with Gasteiger partial charge >= 0.3 is 6.09 Å². The number of nitrogens with zero attached hydrogens (tertiary/aromatic N) is 2. The maximum atomic E-state index is 12.3. The van der Waals surface area contributed by atoms with Gasteiger partial charge in [0.25, 0.3) is 0 Å². The van der Waals surface area contributed by atoms with Crippen LogP contribution >= 0.6 is 16.1 Å². The Hall–Kier alpha value is -1.29. The fraction of sp³-hybridized carbons (Fsp3) is 0.773. The molecule has 9 heteroatoms. The molecule has 2 aliphatic heterocycles. The Morgan fingerprint density at radius 3 is 2.52 bits per heavy atom. The van der Waals surface area contributed by atoms with E-state index in [9.17, 15) is 4.79 Å². The molecule has 1 aliphatic carbocycles. The topological polar surface area (TPSA) is 69.7 Å². The zero-order valence-electron chi connectivity index (χ0n) is 19.0. The molecule has 0 aromatic carbocycles. The van der Waals surface area contributed by atoms with E-state index in [-0.39, 0.29) is 18.3 Å². The number of hydrogen-bond donors (Lipinski definition) is 0. The molecule has 2 heterocycles. The number of amides is 1. The highest BCUT2D eigenvalue weighted by molar-refractivity contribution is 9.07. The van der Waals surface area contributed by atoms with Gasteiger partial charge < -0.3 is 28.6 Å². The number of ether oxygens (including phenoxy) is 5. The summed E-state index contributed by atoms with van der Waals surface area (Å²) in [6.45, 7) is 12.4. The van der Waals surface area contributed by atoms with Gasteiger partial charge in [-0.05, 0) is 32.8 Å². The summed E-state index contributed by atoms with van der Waals surface area (Å²) in [6, 6.07) is 0. The molecule has 0 bridgehead atoms. The highest BCUT2D eigenvalue weighted by Crippen LogP contribution is 2.25. The molecule has 1 unspecified atom stereocenters. The second kappa shape index (κ2) is 11.0.